The smallest absolute Gasteiger partial charge is 0.252 e. The summed E-state index contributed by atoms with van der Waals surface area (Å²) in [7, 11) is 3.51. The molecule has 0 bridgehead atoms. The third kappa shape index (κ3) is 2.32. The molecule has 1 amide bonds. The Hall–Kier alpha value is -1.10. The molecular formula is C15H19ClN2O2. The van der Waals surface area contributed by atoms with E-state index in [4.69, 9.17) is 16.3 Å². The first kappa shape index (κ1) is 13.9. The molecule has 2 fully saturated rings. The van der Waals surface area contributed by atoms with E-state index in [0.29, 0.717) is 0 Å². The van der Waals surface area contributed by atoms with E-state index < -0.39 is 0 Å². The van der Waals surface area contributed by atoms with E-state index in [-0.39, 0.29) is 24.0 Å². The second-order valence-electron chi connectivity index (χ2n) is 5.66. The number of carbonyl (C=O) groups is 1. The molecule has 2 saturated heterocycles. The summed E-state index contributed by atoms with van der Waals surface area (Å²) < 4.78 is 5.39. The van der Waals surface area contributed by atoms with Crippen LogP contribution in [0, 0.1) is 5.92 Å². The summed E-state index contributed by atoms with van der Waals surface area (Å²) in [4.78, 5) is 16.3. The fourth-order valence-corrected chi connectivity index (χ4v) is 3.53. The van der Waals surface area contributed by atoms with Gasteiger partial charge in [0.15, 0.2) is 0 Å². The van der Waals surface area contributed by atoms with Crippen molar-refractivity contribution in [2.45, 2.75) is 18.7 Å². The standard InChI is InChI=1S/C15H19ClN2O2/c1-17-13-9-18(7-10-3-5-11(16)6-4-10)8-12(13)14(20-2)15(17)19/h3-6,12-14H,7-9H2,1-2H3/t12-,13+,14-/m0/s1. The van der Waals surface area contributed by atoms with Gasteiger partial charge in [-0.2, -0.15) is 0 Å². The number of halogens is 1. The number of rotatable bonds is 3. The van der Waals surface area contributed by atoms with Gasteiger partial charge in [-0.3, -0.25) is 9.69 Å². The van der Waals surface area contributed by atoms with E-state index in [1.165, 1.54) is 5.56 Å². The first-order chi connectivity index (χ1) is 9.60. The zero-order valence-electron chi connectivity index (χ0n) is 11.8. The largest absolute Gasteiger partial charge is 0.371 e. The van der Waals surface area contributed by atoms with Crippen LogP contribution in [-0.2, 0) is 16.1 Å². The molecule has 0 unspecified atom stereocenters. The maximum Gasteiger partial charge on any atom is 0.252 e. The highest BCUT2D eigenvalue weighted by molar-refractivity contribution is 6.30. The second-order valence-corrected chi connectivity index (χ2v) is 6.09. The number of hydrogen-bond donors (Lipinski definition) is 0. The topological polar surface area (TPSA) is 32.8 Å². The summed E-state index contributed by atoms with van der Waals surface area (Å²) in [5, 5.41) is 0.761. The molecule has 108 valence electrons. The molecule has 3 atom stereocenters. The number of likely N-dealkylation sites (tertiary alicyclic amines) is 2. The predicted molar refractivity (Wildman–Crippen MR) is 77.6 cm³/mol. The lowest BCUT2D eigenvalue weighted by Crippen LogP contribution is -2.36. The van der Waals surface area contributed by atoms with Gasteiger partial charge in [0.25, 0.3) is 5.91 Å². The van der Waals surface area contributed by atoms with Crippen LogP contribution in [0.3, 0.4) is 0 Å². The number of amides is 1. The van der Waals surface area contributed by atoms with Crippen LogP contribution in [0.25, 0.3) is 0 Å². The maximum absolute atomic E-state index is 12.0. The summed E-state index contributed by atoms with van der Waals surface area (Å²) in [5.41, 5.74) is 1.25. The Bertz CT molecular complexity index is 505. The fourth-order valence-electron chi connectivity index (χ4n) is 3.40. The first-order valence-electron chi connectivity index (χ1n) is 6.86. The van der Waals surface area contributed by atoms with Crippen molar-refractivity contribution in [3.63, 3.8) is 0 Å². The third-order valence-corrected chi connectivity index (χ3v) is 4.71. The van der Waals surface area contributed by atoms with Gasteiger partial charge in [-0.1, -0.05) is 23.7 Å². The number of benzene rings is 1. The van der Waals surface area contributed by atoms with Crippen molar-refractivity contribution in [2.24, 2.45) is 5.92 Å². The average molecular weight is 295 g/mol. The van der Waals surface area contributed by atoms with Crippen LogP contribution in [0.5, 0.6) is 0 Å². The Kier molecular flexibility index (Phi) is 3.71. The van der Waals surface area contributed by atoms with Gasteiger partial charge in [-0.25, -0.2) is 0 Å². The number of methoxy groups -OCH3 is 1. The molecule has 4 nitrogen and oxygen atoms in total. The summed E-state index contributed by atoms with van der Waals surface area (Å²) in [6.07, 6.45) is -0.278. The number of carbonyl (C=O) groups excluding carboxylic acids is 1. The lowest BCUT2D eigenvalue weighted by Gasteiger charge is -2.21. The Labute approximate surface area is 124 Å². The maximum atomic E-state index is 12.0. The monoisotopic (exact) mass is 294 g/mol. The minimum Gasteiger partial charge on any atom is -0.371 e. The van der Waals surface area contributed by atoms with E-state index in [2.05, 4.69) is 17.0 Å². The minimum absolute atomic E-state index is 0.119. The van der Waals surface area contributed by atoms with E-state index in [1.807, 2.05) is 24.1 Å². The van der Waals surface area contributed by atoms with Crippen molar-refractivity contribution in [3.05, 3.63) is 34.9 Å². The molecular weight excluding hydrogens is 276 g/mol. The van der Waals surface area contributed by atoms with E-state index in [1.54, 1.807) is 7.11 Å². The first-order valence-corrected chi connectivity index (χ1v) is 7.24. The predicted octanol–water partition coefficient (Wildman–Crippen LogP) is 1.63. The zero-order valence-corrected chi connectivity index (χ0v) is 12.5. The number of fused-ring (bicyclic) bond motifs is 1. The minimum atomic E-state index is -0.278. The summed E-state index contributed by atoms with van der Waals surface area (Å²) >= 11 is 5.91. The SMILES string of the molecule is CO[C@@H]1C(=O)N(C)[C@@H]2CN(Cc3ccc(Cl)cc3)C[C@H]12. The molecule has 2 heterocycles. The van der Waals surface area contributed by atoms with Crippen LogP contribution >= 0.6 is 11.6 Å². The number of hydrogen-bond acceptors (Lipinski definition) is 3. The van der Waals surface area contributed by atoms with Crippen LogP contribution in [0.15, 0.2) is 24.3 Å². The molecule has 0 aliphatic carbocycles. The highest BCUT2D eigenvalue weighted by atomic mass is 35.5. The molecule has 3 rings (SSSR count). The van der Waals surface area contributed by atoms with Crippen molar-refractivity contribution in [2.75, 3.05) is 27.2 Å². The summed E-state index contributed by atoms with van der Waals surface area (Å²) in [6, 6.07) is 8.22. The molecule has 1 aromatic carbocycles. The van der Waals surface area contributed by atoms with Gasteiger partial charge in [0.05, 0.1) is 6.04 Å². The van der Waals surface area contributed by atoms with E-state index in [9.17, 15) is 4.79 Å². The number of likely N-dealkylation sites (N-methyl/N-ethyl adjacent to an activating group) is 1. The molecule has 1 aromatic rings. The highest BCUT2D eigenvalue weighted by Crippen LogP contribution is 2.33. The molecule has 0 radical (unpaired) electrons. The van der Waals surface area contributed by atoms with Crippen molar-refractivity contribution in [1.29, 1.82) is 0 Å². The van der Waals surface area contributed by atoms with Crippen molar-refractivity contribution in [3.8, 4) is 0 Å². The molecule has 2 aliphatic heterocycles. The molecule has 0 N–H and O–H groups in total. The average Bonchev–Trinajstić information content (AvgIpc) is 2.93. The van der Waals surface area contributed by atoms with Crippen LogP contribution in [0.2, 0.25) is 5.02 Å². The summed E-state index contributed by atoms with van der Waals surface area (Å²) in [6.45, 7) is 2.71. The van der Waals surface area contributed by atoms with Crippen molar-refractivity contribution < 1.29 is 9.53 Å². The number of nitrogens with zero attached hydrogens (tertiary/aromatic N) is 2. The lowest BCUT2D eigenvalue weighted by molar-refractivity contribution is -0.136. The lowest BCUT2D eigenvalue weighted by atomic mass is 10.0. The number of ether oxygens (including phenoxy) is 1. The molecule has 2 aliphatic rings. The Morgan fingerprint density at radius 1 is 1.30 bits per heavy atom. The quantitative estimate of drug-likeness (QED) is 0.849. The molecule has 20 heavy (non-hydrogen) atoms. The van der Waals surface area contributed by atoms with Gasteiger partial charge in [0.1, 0.15) is 6.10 Å². The zero-order chi connectivity index (χ0) is 14.3. The summed E-state index contributed by atoms with van der Waals surface area (Å²) in [5.74, 6) is 0.401. The highest BCUT2D eigenvalue weighted by Gasteiger charge is 2.51. The van der Waals surface area contributed by atoms with Crippen LogP contribution in [0.4, 0.5) is 0 Å². The Balaban J connectivity index is 1.68. The van der Waals surface area contributed by atoms with Crippen molar-refractivity contribution in [1.82, 2.24) is 9.80 Å². The van der Waals surface area contributed by atoms with Crippen molar-refractivity contribution >= 4 is 17.5 Å². The third-order valence-electron chi connectivity index (χ3n) is 4.46. The van der Waals surface area contributed by atoms with Gasteiger partial charge in [0.2, 0.25) is 0 Å². The second kappa shape index (κ2) is 5.35. The van der Waals surface area contributed by atoms with Gasteiger partial charge >= 0.3 is 0 Å². The van der Waals surface area contributed by atoms with E-state index in [0.717, 1.165) is 24.7 Å². The fraction of sp³-hybridized carbons (Fsp3) is 0.533. The van der Waals surface area contributed by atoms with Crippen LogP contribution in [0.1, 0.15) is 5.56 Å². The molecule has 0 spiro atoms. The van der Waals surface area contributed by atoms with E-state index >= 15 is 0 Å². The Morgan fingerprint density at radius 3 is 2.65 bits per heavy atom. The Morgan fingerprint density at radius 2 is 2.00 bits per heavy atom. The molecule has 5 heteroatoms. The van der Waals surface area contributed by atoms with Crippen LogP contribution in [-0.4, -0.2) is 55.1 Å². The van der Waals surface area contributed by atoms with Gasteiger partial charge in [0, 0.05) is 44.7 Å². The molecule has 0 aromatic heterocycles. The van der Waals surface area contributed by atoms with Gasteiger partial charge < -0.3 is 9.64 Å². The van der Waals surface area contributed by atoms with Crippen LogP contribution < -0.4 is 0 Å². The molecule has 0 saturated carbocycles. The van der Waals surface area contributed by atoms with Gasteiger partial charge in [-0.05, 0) is 17.7 Å². The normalized spacial score (nSPS) is 30.1. The van der Waals surface area contributed by atoms with Gasteiger partial charge in [-0.15, -0.1) is 0 Å².